The number of nitrogens with one attached hydrogen (secondary N) is 3. The maximum atomic E-state index is 12.4. The van der Waals surface area contributed by atoms with E-state index in [4.69, 9.17) is 25.8 Å². The van der Waals surface area contributed by atoms with Gasteiger partial charge >= 0.3 is 0 Å². The number of fused-ring (bicyclic) bond motifs is 2. The topological polar surface area (TPSA) is 115 Å². The molecule has 2 heterocycles. The van der Waals surface area contributed by atoms with Crippen LogP contribution in [0.25, 0.3) is 0 Å². The van der Waals surface area contributed by atoms with Gasteiger partial charge in [-0.3, -0.25) is 14.4 Å². The fourth-order valence-electron chi connectivity index (χ4n) is 2.94. The number of hydrogen-bond donors (Lipinski definition) is 3. The number of benzene rings is 2. The van der Waals surface area contributed by atoms with Crippen molar-refractivity contribution in [2.24, 2.45) is 0 Å². The molecule has 0 atom stereocenters. The molecule has 0 spiro atoms. The quantitative estimate of drug-likeness (QED) is 0.640. The van der Waals surface area contributed by atoms with Crippen molar-refractivity contribution in [1.82, 2.24) is 0 Å². The first kappa shape index (κ1) is 18.9. The molecule has 2 amide bonds. The number of carbonyl (C=O) groups is 3. The standard InChI is InChI=1S/C19H16ClN3O6/c1-9(24)10-2-16-17(29-8-28-16)4-12(10)22-18(25)6-21-13-5-15-14(3-11(13)20)23-19(26)7-27-15/h2-5,21H,6-8H2,1H3,(H,22,25)(H,23,26). The van der Waals surface area contributed by atoms with Gasteiger partial charge in [0.2, 0.25) is 12.7 Å². The fourth-order valence-corrected chi connectivity index (χ4v) is 3.17. The molecule has 4 rings (SSSR count). The third-order valence-corrected chi connectivity index (χ3v) is 4.62. The maximum Gasteiger partial charge on any atom is 0.262 e. The lowest BCUT2D eigenvalue weighted by molar-refractivity contribution is -0.118. The highest BCUT2D eigenvalue weighted by molar-refractivity contribution is 6.33. The average Bonchev–Trinajstić information content (AvgIpc) is 3.13. The maximum absolute atomic E-state index is 12.4. The van der Waals surface area contributed by atoms with Crippen LogP contribution in [0.4, 0.5) is 17.1 Å². The second-order valence-corrected chi connectivity index (χ2v) is 6.78. The van der Waals surface area contributed by atoms with Gasteiger partial charge in [-0.2, -0.15) is 0 Å². The van der Waals surface area contributed by atoms with Crippen LogP contribution in [0.1, 0.15) is 17.3 Å². The summed E-state index contributed by atoms with van der Waals surface area (Å²) < 4.78 is 15.9. The molecule has 2 aromatic rings. The van der Waals surface area contributed by atoms with E-state index in [1.54, 1.807) is 24.3 Å². The van der Waals surface area contributed by atoms with Crippen molar-refractivity contribution in [3.05, 3.63) is 34.9 Å². The van der Waals surface area contributed by atoms with Gasteiger partial charge in [-0.15, -0.1) is 0 Å². The summed E-state index contributed by atoms with van der Waals surface area (Å²) in [6.07, 6.45) is 0. The first-order chi connectivity index (χ1) is 13.9. The van der Waals surface area contributed by atoms with Gasteiger partial charge in [-0.05, 0) is 19.1 Å². The zero-order chi connectivity index (χ0) is 20.5. The molecule has 0 fully saturated rings. The Kier molecular flexibility index (Phi) is 4.89. The van der Waals surface area contributed by atoms with Crippen LogP contribution < -0.4 is 30.2 Å². The Labute approximate surface area is 170 Å². The molecule has 150 valence electrons. The molecule has 0 aliphatic carbocycles. The Morgan fingerprint density at radius 3 is 2.55 bits per heavy atom. The largest absolute Gasteiger partial charge is 0.482 e. The van der Waals surface area contributed by atoms with E-state index in [1.807, 2.05) is 0 Å². The smallest absolute Gasteiger partial charge is 0.262 e. The Balaban J connectivity index is 1.46. The van der Waals surface area contributed by atoms with Gasteiger partial charge in [0.25, 0.3) is 5.91 Å². The van der Waals surface area contributed by atoms with Crippen molar-refractivity contribution in [2.45, 2.75) is 6.92 Å². The van der Waals surface area contributed by atoms with Crippen molar-refractivity contribution in [1.29, 1.82) is 0 Å². The Morgan fingerprint density at radius 1 is 1.07 bits per heavy atom. The van der Waals surface area contributed by atoms with Gasteiger partial charge in [0, 0.05) is 17.7 Å². The fraction of sp³-hybridized carbons (Fsp3) is 0.211. The summed E-state index contributed by atoms with van der Waals surface area (Å²) in [6.45, 7) is 1.26. The summed E-state index contributed by atoms with van der Waals surface area (Å²) >= 11 is 6.21. The van der Waals surface area contributed by atoms with Crippen molar-refractivity contribution in [3.63, 3.8) is 0 Å². The Bertz CT molecular complexity index is 1040. The van der Waals surface area contributed by atoms with Crippen LogP contribution >= 0.6 is 11.6 Å². The molecule has 10 heteroatoms. The highest BCUT2D eigenvalue weighted by atomic mass is 35.5. The number of hydrogen-bond acceptors (Lipinski definition) is 7. The van der Waals surface area contributed by atoms with Gasteiger partial charge < -0.3 is 30.2 Å². The molecule has 2 aliphatic heterocycles. The highest BCUT2D eigenvalue weighted by Crippen LogP contribution is 2.38. The minimum atomic E-state index is -0.394. The molecule has 0 saturated heterocycles. The summed E-state index contributed by atoms with van der Waals surface area (Å²) in [5, 5.41) is 8.58. The number of Topliss-reactive ketones (excluding diaryl/α,β-unsaturated/α-hetero) is 1. The van der Waals surface area contributed by atoms with E-state index in [1.165, 1.54) is 6.92 Å². The number of amides is 2. The molecule has 0 unspecified atom stereocenters. The summed E-state index contributed by atoms with van der Waals surface area (Å²) in [5.74, 6) is 0.484. The molecular formula is C19H16ClN3O6. The molecule has 9 nitrogen and oxygen atoms in total. The minimum Gasteiger partial charge on any atom is -0.482 e. The van der Waals surface area contributed by atoms with Gasteiger partial charge in [0.05, 0.1) is 28.6 Å². The van der Waals surface area contributed by atoms with Crippen LogP contribution in [0, 0.1) is 0 Å². The van der Waals surface area contributed by atoms with E-state index in [-0.39, 0.29) is 31.6 Å². The molecule has 0 aromatic heterocycles. The predicted octanol–water partition coefficient (Wildman–Crippen LogP) is 2.65. The first-order valence-corrected chi connectivity index (χ1v) is 9.03. The number of ketones is 1. The van der Waals surface area contributed by atoms with Crippen LogP contribution in [0.15, 0.2) is 24.3 Å². The van der Waals surface area contributed by atoms with E-state index in [0.717, 1.165) is 0 Å². The van der Waals surface area contributed by atoms with E-state index < -0.39 is 5.91 Å². The van der Waals surface area contributed by atoms with E-state index in [0.29, 0.717) is 44.9 Å². The number of ether oxygens (including phenoxy) is 3. The second-order valence-electron chi connectivity index (χ2n) is 6.37. The van der Waals surface area contributed by atoms with Crippen LogP contribution in [-0.2, 0) is 9.59 Å². The highest BCUT2D eigenvalue weighted by Gasteiger charge is 2.21. The van der Waals surface area contributed by atoms with E-state index >= 15 is 0 Å². The Morgan fingerprint density at radius 2 is 1.79 bits per heavy atom. The monoisotopic (exact) mass is 417 g/mol. The molecule has 0 radical (unpaired) electrons. The van der Waals surface area contributed by atoms with Crippen LogP contribution in [0.5, 0.6) is 17.2 Å². The minimum absolute atomic E-state index is 0.0605. The third-order valence-electron chi connectivity index (χ3n) is 4.31. The molecule has 2 aromatic carbocycles. The second kappa shape index (κ2) is 7.51. The zero-order valence-corrected chi connectivity index (χ0v) is 16.0. The Hall–Kier alpha value is -3.46. The molecular weight excluding hydrogens is 402 g/mol. The molecule has 29 heavy (non-hydrogen) atoms. The van der Waals surface area contributed by atoms with Crippen LogP contribution in [-0.4, -0.2) is 37.5 Å². The van der Waals surface area contributed by atoms with E-state index in [9.17, 15) is 14.4 Å². The van der Waals surface area contributed by atoms with Crippen molar-refractivity contribution in [3.8, 4) is 17.2 Å². The van der Waals surface area contributed by atoms with Gasteiger partial charge in [0.1, 0.15) is 5.75 Å². The summed E-state index contributed by atoms with van der Waals surface area (Å²) in [4.78, 5) is 35.7. The summed E-state index contributed by atoms with van der Waals surface area (Å²) in [5.41, 5.74) is 1.58. The number of carbonyl (C=O) groups excluding carboxylic acids is 3. The SMILES string of the molecule is CC(=O)c1cc2c(cc1NC(=O)CNc1cc3c(cc1Cl)NC(=O)CO3)OCO2. The van der Waals surface area contributed by atoms with E-state index in [2.05, 4.69) is 16.0 Å². The molecule has 0 bridgehead atoms. The normalized spacial score (nSPS) is 13.8. The summed E-state index contributed by atoms with van der Waals surface area (Å²) in [6, 6.07) is 6.24. The summed E-state index contributed by atoms with van der Waals surface area (Å²) in [7, 11) is 0. The van der Waals surface area contributed by atoms with Gasteiger partial charge in [0.15, 0.2) is 23.9 Å². The third kappa shape index (κ3) is 3.90. The van der Waals surface area contributed by atoms with Gasteiger partial charge in [-0.1, -0.05) is 11.6 Å². The lowest BCUT2D eigenvalue weighted by Crippen LogP contribution is -2.26. The van der Waals surface area contributed by atoms with Crippen molar-refractivity contribution < 1.29 is 28.6 Å². The predicted molar refractivity (Wildman–Crippen MR) is 105 cm³/mol. The van der Waals surface area contributed by atoms with Gasteiger partial charge in [-0.25, -0.2) is 0 Å². The number of rotatable bonds is 5. The molecule has 2 aliphatic rings. The lowest BCUT2D eigenvalue weighted by Gasteiger charge is -2.20. The first-order valence-electron chi connectivity index (χ1n) is 8.65. The van der Waals surface area contributed by atoms with Crippen molar-refractivity contribution >= 4 is 46.3 Å². The number of halogens is 1. The molecule has 3 N–H and O–H groups in total. The zero-order valence-electron chi connectivity index (χ0n) is 15.3. The number of anilines is 3. The lowest BCUT2D eigenvalue weighted by atomic mass is 10.1. The average molecular weight is 418 g/mol. The van der Waals surface area contributed by atoms with Crippen LogP contribution in [0.2, 0.25) is 5.02 Å². The van der Waals surface area contributed by atoms with Crippen LogP contribution in [0.3, 0.4) is 0 Å². The molecule has 0 saturated carbocycles. The van der Waals surface area contributed by atoms with Crippen molar-refractivity contribution in [2.75, 3.05) is 35.9 Å².